The molecule has 3 heterocycles. The van der Waals surface area contributed by atoms with Gasteiger partial charge in [0.25, 0.3) is 8.32 Å². The van der Waals surface area contributed by atoms with Crippen molar-refractivity contribution in [3.63, 3.8) is 0 Å². The minimum atomic E-state index is -2.90. The fourth-order valence-corrected chi connectivity index (χ4v) is 17.1. The zero-order chi connectivity index (χ0) is 42.7. The highest BCUT2D eigenvalue weighted by atomic mass is 28.4. The van der Waals surface area contributed by atoms with Crippen molar-refractivity contribution in [1.29, 1.82) is 0 Å². The minimum Gasteiger partial charge on any atom is -0.411 e. The van der Waals surface area contributed by atoms with Crippen LogP contribution in [0.2, 0.25) is 41.3 Å². The number of benzene rings is 2. The van der Waals surface area contributed by atoms with E-state index in [9.17, 15) is 0 Å². The second-order valence-corrected chi connectivity index (χ2v) is 36.4. The Hall–Kier alpha value is -1.23. The maximum Gasteiger partial charge on any atom is 0.261 e. The Bertz CT molecular complexity index is 1650. The van der Waals surface area contributed by atoms with E-state index in [0.717, 1.165) is 51.4 Å². The molecule has 0 unspecified atom stereocenters. The first-order valence-corrected chi connectivity index (χ1v) is 30.7. The van der Waals surface area contributed by atoms with Gasteiger partial charge in [-0.2, -0.15) is 0 Å². The molecule has 330 valence electrons. The summed E-state index contributed by atoms with van der Waals surface area (Å²) in [6.07, 6.45) is 6.29. The molecule has 2 aliphatic carbocycles. The molecule has 7 atom stereocenters. The predicted octanol–water partition coefficient (Wildman–Crippen LogP) is 10.2. The first kappa shape index (κ1) is 45.8. The van der Waals surface area contributed by atoms with Gasteiger partial charge in [0.2, 0.25) is 0 Å². The summed E-state index contributed by atoms with van der Waals surface area (Å²) >= 11 is 0. The van der Waals surface area contributed by atoms with E-state index in [1.54, 1.807) is 0 Å². The fraction of sp³-hybridized carbons (Fsp3) is 0.750. The Morgan fingerprint density at radius 2 is 1.10 bits per heavy atom. The third-order valence-electron chi connectivity index (χ3n) is 15.3. The van der Waals surface area contributed by atoms with Gasteiger partial charge >= 0.3 is 0 Å². The van der Waals surface area contributed by atoms with Crippen LogP contribution in [0.15, 0.2) is 60.7 Å². The maximum absolute atomic E-state index is 7.68. The first-order valence-electron chi connectivity index (χ1n) is 22.9. The second-order valence-electron chi connectivity index (χ2n) is 22.6. The molecule has 3 saturated heterocycles. The van der Waals surface area contributed by atoms with Gasteiger partial charge in [0.15, 0.2) is 28.2 Å². The number of hydrogen-bond donors (Lipinski definition) is 0. The molecule has 2 aromatic rings. The van der Waals surface area contributed by atoms with Gasteiger partial charge in [-0.3, -0.25) is 0 Å². The van der Waals surface area contributed by atoms with Crippen molar-refractivity contribution in [2.24, 2.45) is 0 Å². The average molecular weight is 867 g/mol. The molecule has 2 aromatic carbocycles. The van der Waals surface area contributed by atoms with Crippen LogP contribution >= 0.6 is 0 Å². The summed E-state index contributed by atoms with van der Waals surface area (Å²) in [4.78, 5) is 0. The van der Waals surface area contributed by atoms with Crippen molar-refractivity contribution < 1.29 is 37.0 Å². The average Bonchev–Trinajstić information content (AvgIpc) is 3.98. The smallest absolute Gasteiger partial charge is 0.261 e. The van der Waals surface area contributed by atoms with Crippen molar-refractivity contribution in [2.75, 3.05) is 13.2 Å². The summed E-state index contributed by atoms with van der Waals surface area (Å²) in [7, 11) is -7.57. The highest BCUT2D eigenvalue weighted by Crippen LogP contribution is 2.50. The minimum absolute atomic E-state index is 0.00569. The van der Waals surface area contributed by atoms with E-state index in [0.29, 0.717) is 19.6 Å². The Balaban J connectivity index is 1.32. The van der Waals surface area contributed by atoms with E-state index in [4.69, 9.17) is 37.0 Å². The van der Waals surface area contributed by atoms with Crippen LogP contribution in [0.3, 0.4) is 0 Å². The van der Waals surface area contributed by atoms with E-state index in [1.165, 1.54) is 10.4 Å². The van der Waals surface area contributed by atoms with Crippen molar-refractivity contribution in [3.8, 4) is 0 Å². The van der Waals surface area contributed by atoms with Crippen LogP contribution < -0.4 is 10.4 Å². The molecule has 0 bridgehead atoms. The summed E-state index contributed by atoms with van der Waals surface area (Å²) in [5, 5.41) is 2.29. The highest BCUT2D eigenvalue weighted by molar-refractivity contribution is 6.99. The summed E-state index contributed by atoms with van der Waals surface area (Å²) in [5.41, 5.74) is 0. The molecule has 59 heavy (non-hydrogen) atoms. The summed E-state index contributed by atoms with van der Waals surface area (Å²) in [6, 6.07) is 21.8. The summed E-state index contributed by atoms with van der Waals surface area (Å²) < 4.78 is 58.6. The van der Waals surface area contributed by atoms with Crippen molar-refractivity contribution in [3.05, 3.63) is 60.7 Å². The van der Waals surface area contributed by atoms with Gasteiger partial charge in [0, 0.05) is 32.1 Å². The summed E-state index contributed by atoms with van der Waals surface area (Å²) in [6.45, 7) is 31.3. The molecular weight excluding hydrogens is 789 g/mol. The van der Waals surface area contributed by atoms with Gasteiger partial charge in [-0.05, 0) is 77.4 Å². The van der Waals surface area contributed by atoms with Gasteiger partial charge in [0.05, 0.1) is 31.5 Å². The molecule has 11 heteroatoms. The van der Waals surface area contributed by atoms with Crippen LogP contribution in [0, 0.1) is 0 Å². The highest BCUT2D eigenvalue weighted by Gasteiger charge is 2.61. The van der Waals surface area contributed by atoms with Gasteiger partial charge in [-0.1, -0.05) is 123 Å². The molecule has 2 spiro atoms. The van der Waals surface area contributed by atoms with E-state index < -0.39 is 48.7 Å². The lowest BCUT2D eigenvalue weighted by atomic mass is 9.91. The van der Waals surface area contributed by atoms with Crippen LogP contribution in [0.25, 0.3) is 0 Å². The SMILES string of the molecule is CC(C)(C)[Si](C)(C)O[C@H]1[C@H]([C@H]2OC3(CCCC3)O[C@@H]2CO[Si](c2ccccc2)(c2ccccc2)C(C)(C)C)O[C@@H]([C@H]2COC3(CCCC3)O2)C[C@H]1O[Si](C)(C)C(C)(C)C. The molecule has 0 radical (unpaired) electrons. The quantitative estimate of drug-likeness (QED) is 0.207. The van der Waals surface area contributed by atoms with Crippen LogP contribution in [0.5, 0.6) is 0 Å². The normalized spacial score (nSPS) is 30.5. The Labute approximate surface area is 360 Å². The van der Waals surface area contributed by atoms with Gasteiger partial charge in [0.1, 0.15) is 24.4 Å². The molecule has 7 rings (SSSR count). The number of hydrogen-bond acceptors (Lipinski definition) is 8. The van der Waals surface area contributed by atoms with Crippen LogP contribution in [-0.4, -0.2) is 92.5 Å². The second kappa shape index (κ2) is 16.7. The molecule has 5 fully saturated rings. The van der Waals surface area contributed by atoms with Gasteiger partial charge < -0.3 is 37.0 Å². The summed E-state index contributed by atoms with van der Waals surface area (Å²) in [5.74, 6) is -1.18. The zero-order valence-corrected chi connectivity index (χ0v) is 41.9. The van der Waals surface area contributed by atoms with Crippen molar-refractivity contribution >= 4 is 35.3 Å². The molecule has 5 aliphatic rings. The molecular formula is C48H78O8Si3. The largest absolute Gasteiger partial charge is 0.411 e. The standard InChI is InChI=1S/C48H78O8Si3/c1-44(2,3)57(10,11)55-38-32-37(39-33-49-47(52-39)28-20-21-29-47)51-43(42(38)56-58(12,13)45(4,5)6)41-40(53-48(54-41)30-22-23-31-48)34-50-59(46(7,8)9,35-24-16-14-17-25-35)36-26-18-15-19-27-36/h14-19,24-27,37-43H,20-23,28-34H2,1-13H3/t37-,38-,39-,40-,41+,42-,43+/m1/s1. The predicted molar refractivity (Wildman–Crippen MR) is 244 cm³/mol. The Morgan fingerprint density at radius 3 is 1.61 bits per heavy atom. The van der Waals surface area contributed by atoms with Gasteiger partial charge in [-0.15, -0.1) is 0 Å². The van der Waals surface area contributed by atoms with Crippen molar-refractivity contribution in [1.82, 2.24) is 0 Å². The molecule has 3 aliphatic heterocycles. The van der Waals surface area contributed by atoms with E-state index in [1.807, 2.05) is 0 Å². The first-order chi connectivity index (χ1) is 27.5. The zero-order valence-electron chi connectivity index (χ0n) is 38.9. The van der Waals surface area contributed by atoms with E-state index in [-0.39, 0.29) is 45.6 Å². The number of rotatable bonds is 11. The lowest BCUT2D eigenvalue weighted by Crippen LogP contribution is -2.68. The van der Waals surface area contributed by atoms with Crippen molar-refractivity contribution in [2.45, 2.75) is 216 Å². The van der Waals surface area contributed by atoms with E-state index in [2.05, 4.69) is 149 Å². The van der Waals surface area contributed by atoms with Crippen LogP contribution in [-0.2, 0) is 37.0 Å². The number of ether oxygens (including phenoxy) is 5. The molecule has 0 amide bonds. The molecule has 8 nitrogen and oxygen atoms in total. The monoisotopic (exact) mass is 867 g/mol. The molecule has 0 aromatic heterocycles. The lowest BCUT2D eigenvalue weighted by molar-refractivity contribution is -0.241. The Morgan fingerprint density at radius 1 is 0.593 bits per heavy atom. The maximum atomic E-state index is 7.68. The Kier molecular flexibility index (Phi) is 13.0. The third-order valence-corrected chi connectivity index (χ3v) is 29.3. The topological polar surface area (TPSA) is 73.8 Å². The van der Waals surface area contributed by atoms with E-state index >= 15 is 0 Å². The fourth-order valence-electron chi connectivity index (χ4n) is 9.90. The van der Waals surface area contributed by atoms with Crippen LogP contribution in [0.1, 0.15) is 120 Å². The molecule has 2 saturated carbocycles. The van der Waals surface area contributed by atoms with Crippen LogP contribution in [0.4, 0.5) is 0 Å². The molecule has 0 N–H and O–H groups in total. The lowest BCUT2D eigenvalue weighted by Gasteiger charge is -2.52. The van der Waals surface area contributed by atoms with Gasteiger partial charge in [-0.25, -0.2) is 0 Å². The third kappa shape index (κ3) is 9.10.